The molecule has 1 fully saturated rings. The van der Waals surface area contributed by atoms with Gasteiger partial charge in [0.15, 0.2) is 0 Å². The van der Waals surface area contributed by atoms with Gasteiger partial charge in [0.1, 0.15) is 0 Å². The molecule has 3 atom stereocenters. The van der Waals surface area contributed by atoms with Gasteiger partial charge in [-0.1, -0.05) is 18.6 Å². The van der Waals surface area contributed by atoms with Crippen LogP contribution in [0, 0.1) is 0 Å². The van der Waals surface area contributed by atoms with E-state index < -0.39 is 6.10 Å². The average molecular weight is 281 g/mol. The number of aliphatic hydroxyl groups excluding tert-OH is 1. The lowest BCUT2D eigenvalue weighted by Gasteiger charge is -2.23. The first kappa shape index (κ1) is 14.9. The highest BCUT2D eigenvalue weighted by Gasteiger charge is 2.37. The first-order valence-corrected chi connectivity index (χ1v) is 7.19. The minimum atomic E-state index is -0.525. The van der Waals surface area contributed by atoms with Crippen LogP contribution in [0.3, 0.4) is 0 Å². The van der Waals surface area contributed by atoms with Gasteiger partial charge in [-0.3, -0.25) is 9.69 Å². The third-order valence-corrected chi connectivity index (χ3v) is 3.82. The summed E-state index contributed by atoms with van der Waals surface area (Å²) in [5.74, 6) is 0.0184. The second kappa shape index (κ2) is 6.81. The molecule has 2 rings (SSSR count). The van der Waals surface area contributed by atoms with Gasteiger partial charge in [-0.05, 0) is 13.3 Å². The zero-order valence-corrected chi connectivity index (χ0v) is 12.1. The van der Waals surface area contributed by atoms with E-state index in [0.29, 0.717) is 19.6 Å². The number of aliphatic hydroxyl groups is 1. The fraction of sp³-hybridized carbons (Fsp3) is 0.769. The normalized spacial score (nSPS) is 24.8. The Hall–Kier alpha value is -1.47. The van der Waals surface area contributed by atoms with Crippen LogP contribution < -0.4 is 5.32 Å². The van der Waals surface area contributed by atoms with E-state index in [9.17, 15) is 9.90 Å². The number of carbonyl (C=O) groups is 1. The molecule has 0 bridgehead atoms. The number of likely N-dealkylation sites (tertiary alicyclic amines) is 1. The Morgan fingerprint density at radius 1 is 1.55 bits per heavy atom. The molecule has 2 N–H and O–H groups in total. The summed E-state index contributed by atoms with van der Waals surface area (Å²) in [5, 5.41) is 20.7. The maximum absolute atomic E-state index is 12.0. The SMILES string of the molecule is CCCCNC(=O)C(C)N1C[C@@H](O)[C@H](n2ccnn2)C1. The van der Waals surface area contributed by atoms with Gasteiger partial charge in [0.2, 0.25) is 5.91 Å². The number of unbranched alkanes of at least 4 members (excludes halogenated alkanes) is 1. The molecule has 0 aromatic carbocycles. The zero-order chi connectivity index (χ0) is 14.5. The van der Waals surface area contributed by atoms with Crippen LogP contribution in [0.4, 0.5) is 0 Å². The lowest BCUT2D eigenvalue weighted by atomic mass is 10.2. The van der Waals surface area contributed by atoms with Crippen molar-refractivity contribution in [3.63, 3.8) is 0 Å². The predicted molar refractivity (Wildman–Crippen MR) is 74.0 cm³/mol. The molecule has 1 amide bonds. The van der Waals surface area contributed by atoms with Crippen molar-refractivity contribution in [1.82, 2.24) is 25.2 Å². The van der Waals surface area contributed by atoms with Gasteiger partial charge in [0, 0.05) is 25.8 Å². The Labute approximate surface area is 119 Å². The summed E-state index contributed by atoms with van der Waals surface area (Å²) < 4.78 is 1.66. The van der Waals surface area contributed by atoms with Crippen LogP contribution in [0.1, 0.15) is 32.7 Å². The summed E-state index contributed by atoms with van der Waals surface area (Å²) in [6.45, 7) is 5.76. The van der Waals surface area contributed by atoms with Crippen LogP contribution >= 0.6 is 0 Å². The highest BCUT2D eigenvalue weighted by molar-refractivity contribution is 5.81. The maximum Gasteiger partial charge on any atom is 0.237 e. The second-order valence-electron chi connectivity index (χ2n) is 5.29. The van der Waals surface area contributed by atoms with E-state index in [0.717, 1.165) is 12.8 Å². The zero-order valence-electron chi connectivity index (χ0n) is 12.1. The predicted octanol–water partition coefficient (Wildman–Crippen LogP) is -0.199. The highest BCUT2D eigenvalue weighted by Crippen LogP contribution is 2.22. The lowest BCUT2D eigenvalue weighted by Crippen LogP contribution is -2.44. The highest BCUT2D eigenvalue weighted by atomic mass is 16.3. The number of carbonyl (C=O) groups excluding carboxylic acids is 1. The Morgan fingerprint density at radius 3 is 3.00 bits per heavy atom. The molecule has 2 heterocycles. The molecular formula is C13H23N5O2. The summed E-state index contributed by atoms with van der Waals surface area (Å²) >= 11 is 0. The molecule has 1 saturated heterocycles. The van der Waals surface area contributed by atoms with E-state index in [1.54, 1.807) is 17.1 Å². The van der Waals surface area contributed by atoms with E-state index in [2.05, 4.69) is 22.6 Å². The first-order valence-electron chi connectivity index (χ1n) is 7.19. The fourth-order valence-electron chi connectivity index (χ4n) is 2.47. The van der Waals surface area contributed by atoms with Crippen LogP contribution in [-0.4, -0.2) is 62.7 Å². The Kier molecular flexibility index (Phi) is 5.08. The van der Waals surface area contributed by atoms with Crippen molar-refractivity contribution in [3.05, 3.63) is 12.4 Å². The van der Waals surface area contributed by atoms with Crippen LogP contribution in [0.5, 0.6) is 0 Å². The van der Waals surface area contributed by atoms with Gasteiger partial charge in [0.25, 0.3) is 0 Å². The molecule has 0 radical (unpaired) electrons. The second-order valence-corrected chi connectivity index (χ2v) is 5.29. The standard InChI is InChI=1S/C13H23N5O2/c1-3-4-5-14-13(20)10(2)17-8-11(12(19)9-17)18-7-6-15-16-18/h6-7,10-12,19H,3-5,8-9H2,1-2H3,(H,14,20)/t10?,11-,12-/m1/s1. The molecule has 0 saturated carbocycles. The molecule has 1 aliphatic rings. The van der Waals surface area contributed by atoms with Crippen LogP contribution in [0.2, 0.25) is 0 Å². The molecule has 1 aromatic rings. The third-order valence-electron chi connectivity index (χ3n) is 3.82. The largest absolute Gasteiger partial charge is 0.390 e. The van der Waals surface area contributed by atoms with E-state index >= 15 is 0 Å². The van der Waals surface area contributed by atoms with Gasteiger partial charge in [-0.15, -0.1) is 5.10 Å². The molecule has 0 spiro atoms. The van der Waals surface area contributed by atoms with Crippen LogP contribution in [0.15, 0.2) is 12.4 Å². The Morgan fingerprint density at radius 2 is 2.35 bits per heavy atom. The molecule has 1 aliphatic heterocycles. The first-order chi connectivity index (χ1) is 9.63. The third kappa shape index (κ3) is 3.34. The van der Waals surface area contributed by atoms with Crippen molar-refractivity contribution < 1.29 is 9.90 Å². The van der Waals surface area contributed by atoms with Crippen molar-refractivity contribution in [2.75, 3.05) is 19.6 Å². The minimum Gasteiger partial charge on any atom is -0.390 e. The number of β-amino-alcohol motifs (C(OH)–C–C–N with tert-alkyl or cyclic N) is 1. The molecule has 0 aliphatic carbocycles. The lowest BCUT2D eigenvalue weighted by molar-refractivity contribution is -0.125. The Bertz CT molecular complexity index is 422. The van der Waals surface area contributed by atoms with Gasteiger partial charge in [-0.2, -0.15) is 0 Å². The number of hydrogen-bond donors (Lipinski definition) is 2. The molecule has 1 unspecified atom stereocenters. The minimum absolute atomic E-state index is 0.0184. The van der Waals surface area contributed by atoms with Crippen molar-refractivity contribution in [2.24, 2.45) is 0 Å². The smallest absolute Gasteiger partial charge is 0.237 e. The quantitative estimate of drug-likeness (QED) is 0.706. The van der Waals surface area contributed by atoms with E-state index in [-0.39, 0.29) is 18.0 Å². The van der Waals surface area contributed by atoms with Gasteiger partial charge < -0.3 is 10.4 Å². The number of hydrogen-bond acceptors (Lipinski definition) is 5. The van der Waals surface area contributed by atoms with Crippen molar-refractivity contribution in [2.45, 2.75) is 44.9 Å². The molecule has 112 valence electrons. The molecule has 20 heavy (non-hydrogen) atoms. The average Bonchev–Trinajstić information content (AvgIpc) is 3.06. The summed E-state index contributed by atoms with van der Waals surface area (Å²) in [4.78, 5) is 14.0. The summed E-state index contributed by atoms with van der Waals surface area (Å²) in [7, 11) is 0. The molecule has 7 heteroatoms. The number of amides is 1. The monoisotopic (exact) mass is 281 g/mol. The summed E-state index contributed by atoms with van der Waals surface area (Å²) in [6.07, 6.45) is 4.86. The van der Waals surface area contributed by atoms with Crippen LogP contribution in [0.25, 0.3) is 0 Å². The van der Waals surface area contributed by atoms with E-state index in [1.165, 1.54) is 0 Å². The van der Waals surface area contributed by atoms with Gasteiger partial charge >= 0.3 is 0 Å². The summed E-state index contributed by atoms with van der Waals surface area (Å²) in [6, 6.07) is -0.376. The van der Waals surface area contributed by atoms with E-state index in [1.807, 2.05) is 11.8 Å². The maximum atomic E-state index is 12.0. The van der Waals surface area contributed by atoms with E-state index in [4.69, 9.17) is 0 Å². The van der Waals surface area contributed by atoms with Crippen molar-refractivity contribution >= 4 is 5.91 Å². The van der Waals surface area contributed by atoms with Crippen molar-refractivity contribution in [1.29, 1.82) is 0 Å². The fourth-order valence-corrected chi connectivity index (χ4v) is 2.47. The van der Waals surface area contributed by atoms with Gasteiger partial charge in [0.05, 0.1) is 24.4 Å². The topological polar surface area (TPSA) is 83.3 Å². The van der Waals surface area contributed by atoms with Gasteiger partial charge in [-0.25, -0.2) is 4.68 Å². The van der Waals surface area contributed by atoms with Crippen molar-refractivity contribution in [3.8, 4) is 0 Å². The molecule has 1 aromatic heterocycles. The summed E-state index contributed by atoms with van der Waals surface area (Å²) in [5.41, 5.74) is 0. The molecule has 7 nitrogen and oxygen atoms in total. The molecular weight excluding hydrogens is 258 g/mol. The number of aromatic nitrogens is 3. The number of nitrogens with zero attached hydrogens (tertiary/aromatic N) is 4. The van der Waals surface area contributed by atoms with Crippen LogP contribution in [-0.2, 0) is 4.79 Å². The Balaban J connectivity index is 1.89. The number of nitrogens with one attached hydrogen (secondary N) is 1. The number of rotatable bonds is 6.